The number of nitrogens with two attached hydrogens (primary N) is 1. The summed E-state index contributed by atoms with van der Waals surface area (Å²) < 4.78 is 0. The maximum atomic E-state index is 12.4. The molecule has 0 spiro atoms. The Hall–Kier alpha value is -3.60. The molecule has 5 nitrogen and oxygen atoms in total. The van der Waals surface area contributed by atoms with Crippen molar-refractivity contribution in [3.8, 4) is 0 Å². The van der Waals surface area contributed by atoms with Crippen molar-refractivity contribution in [2.24, 2.45) is 0 Å². The lowest BCUT2D eigenvalue weighted by Gasteiger charge is -2.11. The van der Waals surface area contributed by atoms with E-state index < -0.39 is 6.03 Å². The van der Waals surface area contributed by atoms with Crippen molar-refractivity contribution in [3.05, 3.63) is 90.0 Å². The van der Waals surface area contributed by atoms with E-state index in [4.69, 9.17) is 5.73 Å². The summed E-state index contributed by atoms with van der Waals surface area (Å²) in [6.45, 7) is 0. The second kappa shape index (κ2) is 7.31. The third-order valence-electron chi connectivity index (χ3n) is 3.63. The first-order chi connectivity index (χ1) is 12.1. The predicted octanol–water partition coefficient (Wildman–Crippen LogP) is 4.14. The normalized spacial score (nSPS) is 10.1. The van der Waals surface area contributed by atoms with E-state index in [1.165, 1.54) is 0 Å². The van der Waals surface area contributed by atoms with E-state index in [9.17, 15) is 9.59 Å². The summed E-state index contributed by atoms with van der Waals surface area (Å²) >= 11 is 0. The Morgan fingerprint density at radius 2 is 1.36 bits per heavy atom. The summed E-state index contributed by atoms with van der Waals surface area (Å²) in [5, 5.41) is 5.39. The van der Waals surface area contributed by atoms with E-state index in [0.717, 1.165) is 0 Å². The third kappa shape index (κ3) is 4.03. The Labute approximate surface area is 145 Å². The number of benzene rings is 3. The van der Waals surface area contributed by atoms with E-state index in [2.05, 4.69) is 10.6 Å². The number of ketones is 1. The van der Waals surface area contributed by atoms with Gasteiger partial charge in [0.1, 0.15) is 0 Å². The number of nitrogens with one attached hydrogen (secondary N) is 2. The van der Waals surface area contributed by atoms with Gasteiger partial charge < -0.3 is 16.4 Å². The molecule has 0 aromatic heterocycles. The zero-order valence-corrected chi connectivity index (χ0v) is 13.4. The van der Waals surface area contributed by atoms with Gasteiger partial charge in [0.2, 0.25) is 0 Å². The van der Waals surface area contributed by atoms with Crippen LogP contribution in [0.4, 0.5) is 21.9 Å². The number of rotatable bonds is 4. The fourth-order valence-electron chi connectivity index (χ4n) is 2.38. The molecular formula is C20H17N3O2. The maximum Gasteiger partial charge on any atom is 0.323 e. The van der Waals surface area contributed by atoms with Crippen LogP contribution in [-0.2, 0) is 0 Å². The lowest BCUT2D eigenvalue weighted by molar-refractivity contribution is 0.103. The third-order valence-corrected chi connectivity index (χ3v) is 3.63. The quantitative estimate of drug-likeness (QED) is 0.496. The van der Waals surface area contributed by atoms with Crippen LogP contribution in [0.1, 0.15) is 15.9 Å². The fraction of sp³-hybridized carbons (Fsp3) is 0. The topological polar surface area (TPSA) is 84.2 Å². The van der Waals surface area contributed by atoms with E-state index in [1.54, 1.807) is 54.6 Å². The molecule has 3 aromatic rings. The van der Waals surface area contributed by atoms with Gasteiger partial charge in [-0.2, -0.15) is 0 Å². The van der Waals surface area contributed by atoms with E-state index in [-0.39, 0.29) is 5.78 Å². The standard InChI is InChI=1S/C20H17N3O2/c21-17-13-15(19(24)14-7-3-1-4-8-14)11-12-18(17)23-20(25)22-16-9-5-2-6-10-16/h1-13H,21H2,(H2,22,23,25). The van der Waals surface area contributed by atoms with Gasteiger partial charge in [-0.25, -0.2) is 4.79 Å². The number of carbonyl (C=O) groups excluding carboxylic acids is 2. The molecule has 5 heteroatoms. The number of hydrogen-bond donors (Lipinski definition) is 3. The van der Waals surface area contributed by atoms with Crippen LogP contribution in [0.5, 0.6) is 0 Å². The molecular weight excluding hydrogens is 314 g/mol. The molecule has 0 radical (unpaired) electrons. The number of urea groups is 1. The summed E-state index contributed by atoms with van der Waals surface area (Å²) in [6.07, 6.45) is 0. The Morgan fingerprint density at radius 3 is 2.00 bits per heavy atom. The molecule has 0 unspecified atom stereocenters. The van der Waals surface area contributed by atoms with Crippen molar-refractivity contribution < 1.29 is 9.59 Å². The molecule has 25 heavy (non-hydrogen) atoms. The first-order valence-electron chi connectivity index (χ1n) is 7.76. The summed E-state index contributed by atoms with van der Waals surface area (Å²) in [4.78, 5) is 24.4. The molecule has 0 fully saturated rings. The van der Waals surface area contributed by atoms with Gasteiger partial charge in [-0.05, 0) is 30.3 Å². The molecule has 3 rings (SSSR count). The Balaban J connectivity index is 1.72. The number of carbonyl (C=O) groups is 2. The average molecular weight is 331 g/mol. The Morgan fingerprint density at radius 1 is 0.720 bits per heavy atom. The largest absolute Gasteiger partial charge is 0.397 e. The Kier molecular flexibility index (Phi) is 4.76. The van der Waals surface area contributed by atoms with Gasteiger partial charge in [0.05, 0.1) is 11.4 Å². The van der Waals surface area contributed by atoms with E-state index >= 15 is 0 Å². The molecule has 0 aliphatic heterocycles. The van der Waals surface area contributed by atoms with Crippen molar-refractivity contribution in [1.29, 1.82) is 0 Å². The number of anilines is 3. The first-order valence-corrected chi connectivity index (χ1v) is 7.76. The fourth-order valence-corrected chi connectivity index (χ4v) is 2.38. The van der Waals surface area contributed by atoms with Crippen LogP contribution in [0.2, 0.25) is 0 Å². The molecule has 0 atom stereocenters. The lowest BCUT2D eigenvalue weighted by Crippen LogP contribution is -2.20. The highest BCUT2D eigenvalue weighted by atomic mass is 16.2. The van der Waals surface area contributed by atoms with Crippen molar-refractivity contribution in [1.82, 2.24) is 0 Å². The second-order valence-corrected chi connectivity index (χ2v) is 5.44. The van der Waals surface area contributed by atoms with Gasteiger partial charge in [0.15, 0.2) is 5.78 Å². The van der Waals surface area contributed by atoms with Gasteiger partial charge >= 0.3 is 6.03 Å². The van der Waals surface area contributed by atoms with Crippen molar-refractivity contribution >= 4 is 28.9 Å². The van der Waals surface area contributed by atoms with Crippen molar-refractivity contribution in [2.45, 2.75) is 0 Å². The van der Waals surface area contributed by atoms with E-state index in [0.29, 0.717) is 28.2 Å². The zero-order chi connectivity index (χ0) is 17.6. The van der Waals surface area contributed by atoms with Crippen LogP contribution in [0, 0.1) is 0 Å². The molecule has 2 amide bonds. The highest BCUT2D eigenvalue weighted by Gasteiger charge is 2.12. The minimum absolute atomic E-state index is 0.118. The van der Waals surface area contributed by atoms with Gasteiger partial charge in [-0.3, -0.25) is 4.79 Å². The smallest absolute Gasteiger partial charge is 0.323 e. The Bertz CT molecular complexity index is 893. The number of amides is 2. The van der Waals surface area contributed by atoms with Crippen LogP contribution in [-0.4, -0.2) is 11.8 Å². The van der Waals surface area contributed by atoms with Crippen LogP contribution in [0.15, 0.2) is 78.9 Å². The highest BCUT2D eigenvalue weighted by molar-refractivity contribution is 6.10. The second-order valence-electron chi connectivity index (χ2n) is 5.44. The van der Waals surface area contributed by atoms with Gasteiger partial charge in [-0.15, -0.1) is 0 Å². The summed E-state index contributed by atoms with van der Waals surface area (Å²) in [5.74, 6) is -0.118. The summed E-state index contributed by atoms with van der Waals surface area (Å²) in [7, 11) is 0. The molecule has 124 valence electrons. The minimum Gasteiger partial charge on any atom is -0.397 e. The zero-order valence-electron chi connectivity index (χ0n) is 13.4. The minimum atomic E-state index is -0.403. The molecule has 0 aliphatic rings. The average Bonchev–Trinajstić information content (AvgIpc) is 2.64. The highest BCUT2D eigenvalue weighted by Crippen LogP contribution is 2.22. The molecule has 0 saturated heterocycles. The van der Waals surface area contributed by atoms with Crippen LogP contribution in [0.25, 0.3) is 0 Å². The first kappa shape index (κ1) is 16.3. The van der Waals surface area contributed by atoms with Crippen molar-refractivity contribution in [3.63, 3.8) is 0 Å². The monoisotopic (exact) mass is 331 g/mol. The predicted molar refractivity (Wildman–Crippen MR) is 99.8 cm³/mol. The molecule has 0 saturated carbocycles. The SMILES string of the molecule is Nc1cc(C(=O)c2ccccc2)ccc1NC(=O)Nc1ccccc1. The van der Waals surface area contributed by atoms with Crippen molar-refractivity contribution in [2.75, 3.05) is 16.4 Å². The van der Waals surface area contributed by atoms with E-state index in [1.807, 2.05) is 24.3 Å². The summed E-state index contributed by atoms with van der Waals surface area (Å²) in [5.41, 5.74) is 8.48. The van der Waals surface area contributed by atoms with Crippen LogP contribution < -0.4 is 16.4 Å². The number of nitrogen functional groups attached to an aromatic ring is 1. The lowest BCUT2D eigenvalue weighted by atomic mass is 10.0. The maximum absolute atomic E-state index is 12.4. The number of hydrogen-bond acceptors (Lipinski definition) is 3. The van der Waals surface area contributed by atoms with Crippen LogP contribution >= 0.6 is 0 Å². The van der Waals surface area contributed by atoms with Gasteiger partial charge in [0.25, 0.3) is 0 Å². The molecule has 4 N–H and O–H groups in total. The molecule has 0 aliphatic carbocycles. The van der Waals surface area contributed by atoms with Gasteiger partial charge in [-0.1, -0.05) is 48.5 Å². The molecule has 0 bridgehead atoms. The molecule has 3 aromatic carbocycles. The van der Waals surface area contributed by atoms with Gasteiger partial charge in [0, 0.05) is 16.8 Å². The number of para-hydroxylation sites is 1. The molecule has 0 heterocycles. The van der Waals surface area contributed by atoms with Crippen LogP contribution in [0.3, 0.4) is 0 Å². The summed E-state index contributed by atoms with van der Waals surface area (Å²) in [6, 6.07) is 22.5.